The van der Waals surface area contributed by atoms with Crippen molar-refractivity contribution < 1.29 is 9.47 Å². The molecule has 0 aromatic rings. The molecule has 2 nitrogen and oxygen atoms in total. The predicted octanol–water partition coefficient (Wildman–Crippen LogP) is 5.26. The molecule has 1 rings (SSSR count). The van der Waals surface area contributed by atoms with Crippen LogP contribution in [-0.4, -0.2) is 19.5 Å². The van der Waals surface area contributed by atoms with Gasteiger partial charge in [-0.05, 0) is 48.3 Å². The van der Waals surface area contributed by atoms with E-state index >= 15 is 0 Å². The molecule has 0 aromatic carbocycles. The molecule has 0 N–H and O–H groups in total. The first-order chi connectivity index (χ1) is 9.13. The van der Waals surface area contributed by atoms with E-state index in [1.165, 1.54) is 25.7 Å². The summed E-state index contributed by atoms with van der Waals surface area (Å²) in [5.74, 6) is 1.48. The van der Waals surface area contributed by atoms with E-state index in [9.17, 15) is 0 Å². The average molecular weight is 284 g/mol. The van der Waals surface area contributed by atoms with Crippen LogP contribution in [0.2, 0.25) is 0 Å². The highest BCUT2D eigenvalue weighted by Crippen LogP contribution is 2.38. The van der Waals surface area contributed by atoms with Gasteiger partial charge in [0.25, 0.3) is 0 Å². The number of ether oxygens (including phenoxy) is 2. The largest absolute Gasteiger partial charge is 0.355 e. The first-order valence-corrected chi connectivity index (χ1v) is 8.32. The molecule has 1 aliphatic rings. The summed E-state index contributed by atoms with van der Waals surface area (Å²) in [7, 11) is 0. The lowest BCUT2D eigenvalue weighted by Crippen LogP contribution is -2.30. The quantitative estimate of drug-likeness (QED) is 0.489. The van der Waals surface area contributed by atoms with Crippen LogP contribution in [0, 0.1) is 22.7 Å². The maximum Gasteiger partial charge on any atom is 0.147 e. The molecule has 0 atom stereocenters. The third kappa shape index (κ3) is 5.73. The van der Waals surface area contributed by atoms with E-state index < -0.39 is 0 Å². The number of rotatable bonds is 6. The minimum atomic E-state index is 0.229. The van der Waals surface area contributed by atoms with Gasteiger partial charge in [0.05, 0.1) is 12.7 Å². The Kier molecular flexibility index (Phi) is 6.53. The Hall–Kier alpha value is -0.0800. The summed E-state index contributed by atoms with van der Waals surface area (Å²) in [5, 5.41) is 0. The summed E-state index contributed by atoms with van der Waals surface area (Å²) >= 11 is 0. The molecule has 120 valence electrons. The smallest absolute Gasteiger partial charge is 0.147 e. The van der Waals surface area contributed by atoms with Crippen molar-refractivity contribution >= 4 is 0 Å². The zero-order valence-electron chi connectivity index (χ0n) is 14.8. The van der Waals surface area contributed by atoms with Gasteiger partial charge in [0.2, 0.25) is 0 Å². The Morgan fingerprint density at radius 3 is 1.95 bits per heavy atom. The fraction of sp³-hybridized carbons (Fsp3) is 1.00. The first-order valence-electron chi connectivity index (χ1n) is 8.32. The van der Waals surface area contributed by atoms with Crippen LogP contribution in [0.4, 0.5) is 0 Å². The minimum absolute atomic E-state index is 0.229. The normalized spacial score (nSPS) is 25.2. The van der Waals surface area contributed by atoms with Crippen LogP contribution in [0.1, 0.15) is 74.1 Å². The van der Waals surface area contributed by atoms with Crippen molar-refractivity contribution in [2.24, 2.45) is 22.7 Å². The molecule has 0 spiro atoms. The van der Waals surface area contributed by atoms with Gasteiger partial charge in [0.15, 0.2) is 0 Å². The van der Waals surface area contributed by atoms with Crippen LogP contribution in [-0.2, 0) is 9.47 Å². The molecule has 1 fully saturated rings. The third-order valence-corrected chi connectivity index (χ3v) is 5.32. The summed E-state index contributed by atoms with van der Waals surface area (Å²) < 4.78 is 11.6. The molecule has 1 saturated carbocycles. The summed E-state index contributed by atoms with van der Waals surface area (Å²) in [4.78, 5) is 0. The minimum Gasteiger partial charge on any atom is -0.355 e. The van der Waals surface area contributed by atoms with E-state index in [2.05, 4.69) is 48.5 Å². The highest BCUT2D eigenvalue weighted by molar-refractivity contribution is 4.80. The lowest BCUT2D eigenvalue weighted by atomic mass is 9.72. The van der Waals surface area contributed by atoms with Crippen LogP contribution in [0.5, 0.6) is 0 Å². The molecule has 0 radical (unpaired) electrons. The second kappa shape index (κ2) is 7.26. The fourth-order valence-corrected chi connectivity index (χ4v) is 2.71. The van der Waals surface area contributed by atoms with E-state index in [0.29, 0.717) is 24.2 Å². The van der Waals surface area contributed by atoms with Gasteiger partial charge in [-0.3, -0.25) is 0 Å². The first kappa shape index (κ1) is 18.0. The molecule has 0 heterocycles. The Balaban J connectivity index is 2.16. The predicted molar refractivity (Wildman–Crippen MR) is 85.7 cm³/mol. The standard InChI is InChI=1S/C18H36O2/c1-14(2)18(6,7)12-19-13-20-16-10-8-15(9-11-16)17(3,4)5/h14-16H,8-13H2,1-7H3. The maximum absolute atomic E-state index is 5.90. The SMILES string of the molecule is CC(C)C(C)(C)COCOC1CCC(C(C)(C)C)CC1. The zero-order valence-corrected chi connectivity index (χ0v) is 14.8. The summed E-state index contributed by atoms with van der Waals surface area (Å²) in [6.07, 6.45) is 5.39. The van der Waals surface area contributed by atoms with E-state index in [-0.39, 0.29) is 5.41 Å². The molecule has 0 bridgehead atoms. The summed E-state index contributed by atoms with van der Waals surface area (Å²) in [6, 6.07) is 0. The molecule has 20 heavy (non-hydrogen) atoms. The van der Waals surface area contributed by atoms with E-state index in [1.807, 2.05) is 0 Å². The highest BCUT2D eigenvalue weighted by atomic mass is 16.7. The van der Waals surface area contributed by atoms with Crippen molar-refractivity contribution in [1.29, 1.82) is 0 Å². The highest BCUT2D eigenvalue weighted by Gasteiger charge is 2.30. The van der Waals surface area contributed by atoms with Crippen molar-refractivity contribution in [3.63, 3.8) is 0 Å². The van der Waals surface area contributed by atoms with Gasteiger partial charge in [-0.25, -0.2) is 0 Å². The maximum atomic E-state index is 5.90. The van der Waals surface area contributed by atoms with Crippen LogP contribution >= 0.6 is 0 Å². The topological polar surface area (TPSA) is 18.5 Å². The lowest BCUT2D eigenvalue weighted by Gasteiger charge is -2.37. The number of hydrogen-bond acceptors (Lipinski definition) is 2. The molecular formula is C18H36O2. The van der Waals surface area contributed by atoms with Gasteiger partial charge < -0.3 is 9.47 Å². The Labute approximate surface area is 126 Å². The number of hydrogen-bond donors (Lipinski definition) is 0. The van der Waals surface area contributed by atoms with Crippen molar-refractivity contribution in [1.82, 2.24) is 0 Å². The molecular weight excluding hydrogens is 248 g/mol. The second-order valence-corrected chi connectivity index (χ2v) is 8.62. The van der Waals surface area contributed by atoms with Crippen molar-refractivity contribution in [3.05, 3.63) is 0 Å². The van der Waals surface area contributed by atoms with Crippen LogP contribution in [0.25, 0.3) is 0 Å². The van der Waals surface area contributed by atoms with Gasteiger partial charge in [-0.1, -0.05) is 48.5 Å². The molecule has 2 heteroatoms. The van der Waals surface area contributed by atoms with Crippen LogP contribution < -0.4 is 0 Å². The molecule has 0 saturated heterocycles. The Morgan fingerprint density at radius 2 is 1.50 bits per heavy atom. The Morgan fingerprint density at radius 1 is 0.950 bits per heavy atom. The van der Waals surface area contributed by atoms with Crippen LogP contribution in [0.15, 0.2) is 0 Å². The molecule has 0 aliphatic heterocycles. The van der Waals surface area contributed by atoms with E-state index in [1.54, 1.807) is 0 Å². The second-order valence-electron chi connectivity index (χ2n) is 8.62. The fourth-order valence-electron chi connectivity index (χ4n) is 2.71. The zero-order chi connectivity index (χ0) is 15.4. The molecule has 0 unspecified atom stereocenters. The van der Waals surface area contributed by atoms with Gasteiger partial charge in [-0.15, -0.1) is 0 Å². The van der Waals surface area contributed by atoms with Crippen LogP contribution in [0.3, 0.4) is 0 Å². The molecule has 1 aliphatic carbocycles. The van der Waals surface area contributed by atoms with Crippen molar-refractivity contribution in [3.8, 4) is 0 Å². The lowest BCUT2D eigenvalue weighted by molar-refractivity contribution is -0.123. The molecule has 0 aromatic heterocycles. The third-order valence-electron chi connectivity index (χ3n) is 5.32. The average Bonchev–Trinajstić information content (AvgIpc) is 2.34. The summed E-state index contributed by atoms with van der Waals surface area (Å²) in [6.45, 7) is 17.3. The van der Waals surface area contributed by atoms with Gasteiger partial charge in [-0.2, -0.15) is 0 Å². The van der Waals surface area contributed by atoms with Crippen molar-refractivity contribution in [2.45, 2.75) is 80.3 Å². The van der Waals surface area contributed by atoms with Crippen molar-refractivity contribution in [2.75, 3.05) is 13.4 Å². The van der Waals surface area contributed by atoms with Gasteiger partial charge >= 0.3 is 0 Å². The van der Waals surface area contributed by atoms with Gasteiger partial charge in [0, 0.05) is 0 Å². The summed E-state index contributed by atoms with van der Waals surface area (Å²) in [5.41, 5.74) is 0.677. The van der Waals surface area contributed by atoms with E-state index in [0.717, 1.165) is 12.5 Å². The monoisotopic (exact) mass is 284 g/mol. The molecule has 0 amide bonds. The Bertz CT molecular complexity index is 268. The van der Waals surface area contributed by atoms with E-state index in [4.69, 9.17) is 9.47 Å². The van der Waals surface area contributed by atoms with Gasteiger partial charge in [0.1, 0.15) is 6.79 Å².